The minimum absolute atomic E-state index is 0.0637. The van der Waals surface area contributed by atoms with E-state index >= 15 is 0 Å². The summed E-state index contributed by atoms with van der Waals surface area (Å²) in [5, 5.41) is 9.10. The average molecular weight is 183 g/mol. The molecular weight excluding hydrogens is 170 g/mol. The van der Waals surface area contributed by atoms with Gasteiger partial charge in [0.25, 0.3) is 0 Å². The van der Waals surface area contributed by atoms with Crippen LogP contribution < -0.4 is 0 Å². The summed E-state index contributed by atoms with van der Waals surface area (Å²) in [5.74, 6) is -0.290. The molecule has 4 heteroatoms. The van der Waals surface area contributed by atoms with Crippen molar-refractivity contribution in [2.75, 3.05) is 6.54 Å². The van der Waals surface area contributed by atoms with Gasteiger partial charge in [0.05, 0.1) is 24.5 Å². The van der Waals surface area contributed by atoms with Gasteiger partial charge in [0.2, 0.25) is 11.8 Å². The Hall–Kier alpha value is -0.900. The van der Waals surface area contributed by atoms with Crippen LogP contribution in [-0.4, -0.2) is 34.5 Å². The first-order valence-electron chi connectivity index (χ1n) is 4.64. The number of carbonyl (C=O) groups is 2. The largest absolute Gasteiger partial charge is 0.392 e. The molecule has 2 rings (SSSR count). The maximum Gasteiger partial charge on any atom is 0.233 e. The summed E-state index contributed by atoms with van der Waals surface area (Å²) in [4.78, 5) is 24.2. The molecule has 0 spiro atoms. The molecule has 3 atom stereocenters. The Bertz CT molecular complexity index is 240. The summed E-state index contributed by atoms with van der Waals surface area (Å²) < 4.78 is 0. The smallest absolute Gasteiger partial charge is 0.233 e. The summed E-state index contributed by atoms with van der Waals surface area (Å²) in [6.45, 7) is 1.74. The topological polar surface area (TPSA) is 57.6 Å². The Morgan fingerprint density at radius 2 is 1.85 bits per heavy atom. The Kier molecular flexibility index (Phi) is 1.87. The Morgan fingerprint density at radius 1 is 1.38 bits per heavy atom. The lowest BCUT2D eigenvalue weighted by Gasteiger charge is -2.24. The lowest BCUT2D eigenvalue weighted by molar-refractivity contribution is -0.140. The number of nitrogens with zero attached hydrogens (tertiary/aromatic N) is 1. The SMILES string of the molecule is CC(O)CN1C(=O)[C@H]2CC[C@H]2C1=O. The molecule has 13 heavy (non-hydrogen) atoms. The van der Waals surface area contributed by atoms with Crippen molar-refractivity contribution in [3.63, 3.8) is 0 Å². The van der Waals surface area contributed by atoms with Crippen LogP contribution >= 0.6 is 0 Å². The molecular formula is C9H13NO3. The highest BCUT2D eigenvalue weighted by molar-refractivity contribution is 6.06. The molecule has 1 aliphatic heterocycles. The summed E-state index contributed by atoms with van der Waals surface area (Å²) in [5.41, 5.74) is 0. The summed E-state index contributed by atoms with van der Waals surface area (Å²) in [7, 11) is 0. The van der Waals surface area contributed by atoms with E-state index in [1.165, 1.54) is 4.90 Å². The van der Waals surface area contributed by atoms with E-state index in [2.05, 4.69) is 0 Å². The number of fused-ring (bicyclic) bond motifs is 1. The summed E-state index contributed by atoms with van der Waals surface area (Å²) >= 11 is 0. The maximum atomic E-state index is 11.5. The standard InChI is InChI=1S/C9H13NO3/c1-5(11)4-10-8(12)6-2-3-7(6)9(10)13/h5-7,11H,2-4H2,1H3/t5?,6-,7+. The van der Waals surface area contributed by atoms with Crippen LogP contribution in [0.5, 0.6) is 0 Å². The third-order valence-electron chi connectivity index (χ3n) is 2.89. The van der Waals surface area contributed by atoms with E-state index in [-0.39, 0.29) is 30.2 Å². The van der Waals surface area contributed by atoms with Crippen LogP contribution in [0.15, 0.2) is 0 Å². The number of aliphatic hydroxyl groups is 1. The number of hydrogen-bond acceptors (Lipinski definition) is 3. The molecule has 0 aromatic carbocycles. The van der Waals surface area contributed by atoms with E-state index in [1.807, 2.05) is 0 Å². The van der Waals surface area contributed by atoms with E-state index in [0.717, 1.165) is 12.8 Å². The zero-order valence-corrected chi connectivity index (χ0v) is 7.56. The molecule has 4 nitrogen and oxygen atoms in total. The number of aliphatic hydroxyl groups excluding tert-OH is 1. The first kappa shape index (κ1) is 8.69. The van der Waals surface area contributed by atoms with Crippen molar-refractivity contribution < 1.29 is 14.7 Å². The number of likely N-dealkylation sites (tertiary alicyclic amines) is 1. The van der Waals surface area contributed by atoms with Crippen LogP contribution in [0.4, 0.5) is 0 Å². The number of hydrogen-bond donors (Lipinski definition) is 1. The quantitative estimate of drug-likeness (QED) is 0.601. The molecule has 0 aromatic heterocycles. The molecule has 2 amide bonds. The summed E-state index contributed by atoms with van der Waals surface area (Å²) in [6, 6.07) is 0. The van der Waals surface area contributed by atoms with Gasteiger partial charge in [0, 0.05) is 0 Å². The molecule has 2 fully saturated rings. The van der Waals surface area contributed by atoms with Gasteiger partial charge in [-0.05, 0) is 19.8 Å². The van der Waals surface area contributed by atoms with Crippen molar-refractivity contribution in [2.24, 2.45) is 11.8 Å². The number of carbonyl (C=O) groups excluding carboxylic acids is 2. The van der Waals surface area contributed by atoms with Crippen LogP contribution in [0.2, 0.25) is 0 Å². The number of amides is 2. The van der Waals surface area contributed by atoms with E-state index in [9.17, 15) is 9.59 Å². The van der Waals surface area contributed by atoms with Gasteiger partial charge < -0.3 is 5.11 Å². The number of rotatable bonds is 2. The van der Waals surface area contributed by atoms with Crippen LogP contribution in [-0.2, 0) is 9.59 Å². The monoisotopic (exact) mass is 183 g/mol. The predicted molar refractivity (Wildman–Crippen MR) is 44.6 cm³/mol. The predicted octanol–water partition coefficient (Wildman–Crippen LogP) is -0.238. The molecule has 72 valence electrons. The van der Waals surface area contributed by atoms with Crippen molar-refractivity contribution >= 4 is 11.8 Å². The zero-order valence-electron chi connectivity index (χ0n) is 7.56. The average Bonchev–Trinajstić information content (AvgIpc) is 2.08. The molecule has 0 bridgehead atoms. The highest BCUT2D eigenvalue weighted by Gasteiger charge is 2.52. The number of imide groups is 1. The van der Waals surface area contributed by atoms with Crippen LogP contribution in [0, 0.1) is 11.8 Å². The third-order valence-corrected chi connectivity index (χ3v) is 2.89. The normalized spacial score (nSPS) is 34.5. The van der Waals surface area contributed by atoms with Gasteiger partial charge in [-0.3, -0.25) is 14.5 Å². The molecule has 1 saturated heterocycles. The minimum atomic E-state index is -0.620. The first-order chi connectivity index (χ1) is 6.11. The molecule has 1 unspecified atom stereocenters. The lowest BCUT2D eigenvalue weighted by Crippen LogP contribution is -2.36. The third kappa shape index (κ3) is 1.16. The Labute approximate surface area is 76.5 Å². The van der Waals surface area contributed by atoms with Gasteiger partial charge in [0.1, 0.15) is 0 Å². The Balaban J connectivity index is 2.11. The van der Waals surface area contributed by atoms with Crippen molar-refractivity contribution in [2.45, 2.75) is 25.9 Å². The fourth-order valence-corrected chi connectivity index (χ4v) is 2.04. The number of β-amino-alcohol motifs (C(OH)–C–C–N with tert-alkyl or cyclic N) is 1. The fourth-order valence-electron chi connectivity index (χ4n) is 2.04. The van der Waals surface area contributed by atoms with E-state index in [4.69, 9.17) is 5.11 Å². The van der Waals surface area contributed by atoms with Crippen molar-refractivity contribution in [3.8, 4) is 0 Å². The van der Waals surface area contributed by atoms with Gasteiger partial charge >= 0.3 is 0 Å². The zero-order chi connectivity index (χ0) is 9.59. The fraction of sp³-hybridized carbons (Fsp3) is 0.778. The Morgan fingerprint density at radius 3 is 2.15 bits per heavy atom. The highest BCUT2D eigenvalue weighted by Crippen LogP contribution is 2.42. The van der Waals surface area contributed by atoms with E-state index in [1.54, 1.807) is 6.92 Å². The molecule has 0 aromatic rings. The van der Waals surface area contributed by atoms with Gasteiger partial charge in [-0.1, -0.05) is 0 Å². The van der Waals surface area contributed by atoms with Crippen molar-refractivity contribution in [1.29, 1.82) is 0 Å². The molecule has 1 saturated carbocycles. The molecule has 1 N–H and O–H groups in total. The second-order valence-electron chi connectivity index (χ2n) is 3.93. The summed E-state index contributed by atoms with van der Waals surface area (Å²) in [6.07, 6.45) is 1.06. The van der Waals surface area contributed by atoms with Crippen LogP contribution in [0.1, 0.15) is 19.8 Å². The molecule has 1 heterocycles. The van der Waals surface area contributed by atoms with Gasteiger partial charge in [-0.15, -0.1) is 0 Å². The second kappa shape index (κ2) is 2.80. The second-order valence-corrected chi connectivity index (χ2v) is 3.93. The van der Waals surface area contributed by atoms with E-state index < -0.39 is 6.10 Å². The van der Waals surface area contributed by atoms with Crippen molar-refractivity contribution in [1.82, 2.24) is 4.90 Å². The van der Waals surface area contributed by atoms with Gasteiger partial charge in [-0.25, -0.2) is 0 Å². The van der Waals surface area contributed by atoms with Gasteiger partial charge in [0.15, 0.2) is 0 Å². The van der Waals surface area contributed by atoms with Crippen molar-refractivity contribution in [3.05, 3.63) is 0 Å². The minimum Gasteiger partial charge on any atom is -0.392 e. The van der Waals surface area contributed by atoms with Crippen LogP contribution in [0.3, 0.4) is 0 Å². The van der Waals surface area contributed by atoms with Crippen LogP contribution in [0.25, 0.3) is 0 Å². The molecule has 0 radical (unpaired) electrons. The highest BCUT2D eigenvalue weighted by atomic mass is 16.3. The molecule has 1 aliphatic carbocycles. The lowest BCUT2D eigenvalue weighted by atomic mass is 9.76. The first-order valence-corrected chi connectivity index (χ1v) is 4.64. The molecule has 2 aliphatic rings. The maximum absolute atomic E-state index is 11.5. The van der Waals surface area contributed by atoms with Gasteiger partial charge in [-0.2, -0.15) is 0 Å². The van der Waals surface area contributed by atoms with E-state index in [0.29, 0.717) is 0 Å².